The Morgan fingerprint density at radius 1 is 1.12 bits per heavy atom. The number of likely N-dealkylation sites (tertiary alicyclic amines) is 1. The van der Waals surface area contributed by atoms with Crippen molar-refractivity contribution in [1.82, 2.24) is 50.3 Å². The zero-order valence-electron chi connectivity index (χ0n) is 40.3. The summed E-state index contributed by atoms with van der Waals surface area (Å²) < 4.78 is 14.2. The van der Waals surface area contributed by atoms with Gasteiger partial charge < -0.3 is 39.4 Å². The molecule has 0 radical (unpaired) electrons. The van der Waals surface area contributed by atoms with Gasteiger partial charge in [-0.2, -0.15) is 0 Å². The Kier molecular flexibility index (Phi) is 14.1. The molecule has 4 aliphatic heterocycles. The third kappa shape index (κ3) is 10.1. The molecule has 5 amide bonds. The molecule has 7 heterocycles. The fourth-order valence-corrected chi connectivity index (χ4v) is 10.8. The van der Waals surface area contributed by atoms with Crippen LogP contribution in [0.2, 0.25) is 0 Å². The van der Waals surface area contributed by atoms with Crippen LogP contribution < -0.4 is 16.1 Å². The molecule has 0 aliphatic carbocycles. The molecule has 5 atom stereocenters. The standard InChI is InChI=1S/C49H66N10O7S/c1-10-58-39-16-15-31-19-33(39)34(43(58)32-13-11-17-50-41(32)29(4)65-9)21-49(5,6)27-66-47(63)35-14-12-18-59(54-35)46(62)36(20-40-52-38(31)26-67-40)53-44(60)42(28(2)3)56(8)48(64)55(7)23-30-24-57(25-30)45(61)37-22-51-37/h11,13,15-17,19,26,28-30,35-37,42,51,54H,10,12,14,18,20-25,27H2,1-9H3,(H,53,60)/t29-,35-,36-,37-,42?/m0/s1. The van der Waals surface area contributed by atoms with Crippen molar-refractivity contribution in [1.29, 1.82) is 0 Å². The van der Waals surface area contributed by atoms with Crippen LogP contribution >= 0.6 is 11.3 Å². The minimum Gasteiger partial charge on any atom is -0.464 e. The summed E-state index contributed by atoms with van der Waals surface area (Å²) in [6.07, 6.45) is 3.21. The van der Waals surface area contributed by atoms with Gasteiger partial charge in [0.2, 0.25) is 11.8 Å². The molecule has 8 rings (SSSR count). The van der Waals surface area contributed by atoms with Crippen LogP contribution in [0.25, 0.3) is 33.4 Å². The first-order chi connectivity index (χ1) is 32.0. The molecule has 1 unspecified atom stereocenters. The lowest BCUT2D eigenvalue weighted by molar-refractivity contribution is -0.155. The van der Waals surface area contributed by atoms with Crippen molar-refractivity contribution in [2.24, 2.45) is 17.3 Å². The zero-order valence-corrected chi connectivity index (χ0v) is 41.1. The van der Waals surface area contributed by atoms with Crippen LogP contribution in [0.3, 0.4) is 0 Å². The van der Waals surface area contributed by atoms with Gasteiger partial charge >= 0.3 is 12.0 Å². The molecule has 67 heavy (non-hydrogen) atoms. The van der Waals surface area contributed by atoms with Gasteiger partial charge in [-0.25, -0.2) is 15.2 Å². The van der Waals surface area contributed by atoms with Crippen LogP contribution in [0.15, 0.2) is 41.9 Å². The predicted octanol–water partition coefficient (Wildman–Crippen LogP) is 4.64. The summed E-state index contributed by atoms with van der Waals surface area (Å²) in [6, 6.07) is 7.23. The minimum absolute atomic E-state index is 0.0811. The van der Waals surface area contributed by atoms with Crippen molar-refractivity contribution >= 4 is 52.0 Å². The second-order valence-corrected chi connectivity index (χ2v) is 20.7. The number of carbonyl (C=O) groups is 5. The van der Waals surface area contributed by atoms with Crippen molar-refractivity contribution in [3.8, 4) is 22.5 Å². The molecule has 4 aliphatic rings. The first kappa shape index (κ1) is 48.0. The van der Waals surface area contributed by atoms with E-state index in [1.165, 1.54) is 21.2 Å². The number of rotatable bonds is 11. The van der Waals surface area contributed by atoms with E-state index in [9.17, 15) is 24.0 Å². The fourth-order valence-electron chi connectivity index (χ4n) is 9.92. The average molecular weight is 939 g/mol. The molecule has 4 aromatic rings. The number of carbonyl (C=O) groups excluding carboxylic acids is 5. The first-order valence-corrected chi connectivity index (χ1v) is 24.5. The van der Waals surface area contributed by atoms with Crippen molar-refractivity contribution < 1.29 is 33.4 Å². The zero-order chi connectivity index (χ0) is 47.9. The summed E-state index contributed by atoms with van der Waals surface area (Å²) in [5, 5.41) is 11.2. The van der Waals surface area contributed by atoms with E-state index in [1.807, 2.05) is 37.1 Å². The Balaban J connectivity index is 1.11. The summed E-state index contributed by atoms with van der Waals surface area (Å²) in [5.74, 6) is -1.42. The van der Waals surface area contributed by atoms with Gasteiger partial charge in [0, 0.05) is 112 Å². The first-order valence-electron chi connectivity index (χ1n) is 23.6. The second-order valence-electron chi connectivity index (χ2n) is 19.8. The quantitative estimate of drug-likeness (QED) is 0.140. The third-order valence-electron chi connectivity index (χ3n) is 13.6. The summed E-state index contributed by atoms with van der Waals surface area (Å²) in [6.45, 7) is 15.5. The van der Waals surface area contributed by atoms with Gasteiger partial charge in [0.05, 0.1) is 40.8 Å². The monoisotopic (exact) mass is 938 g/mol. The summed E-state index contributed by atoms with van der Waals surface area (Å²) >= 11 is 1.41. The molecule has 1 aromatic carbocycles. The summed E-state index contributed by atoms with van der Waals surface area (Å²) in [7, 11) is 5.00. The van der Waals surface area contributed by atoms with Crippen LogP contribution in [0, 0.1) is 17.3 Å². The van der Waals surface area contributed by atoms with Crippen LogP contribution in [-0.2, 0) is 48.0 Å². The number of cyclic esters (lactones) is 1. The SMILES string of the molecule is CCn1c(-c2cccnc2[C@H](C)OC)c2c3cc(ccc31)-c1csc(n1)C[C@H](NC(=O)C(C(C)C)N(C)C(=O)N(C)CC1CN(C(=O)[C@@H]3CN3)C1)C(=O)N1CCC[C@H](N1)C(=O)OCC(C)(C)C2. The number of aryl methyl sites for hydroxylation is 1. The van der Waals surface area contributed by atoms with Gasteiger partial charge in [0.15, 0.2) is 0 Å². The van der Waals surface area contributed by atoms with Crippen LogP contribution in [-0.4, -0.2) is 149 Å². The normalized spacial score (nSPS) is 21.9. The van der Waals surface area contributed by atoms with Crippen LogP contribution in [0.5, 0.6) is 0 Å². The van der Waals surface area contributed by atoms with E-state index in [0.717, 1.165) is 44.7 Å². The lowest BCUT2D eigenvalue weighted by Gasteiger charge is -2.42. The Hall–Kier alpha value is -5.43. The van der Waals surface area contributed by atoms with Gasteiger partial charge in [-0.15, -0.1) is 11.3 Å². The average Bonchev–Trinajstić information content (AvgIpc) is 3.98. The molecule has 18 heteroatoms. The number of fused-ring (bicyclic) bond motifs is 6. The third-order valence-corrected chi connectivity index (χ3v) is 14.5. The number of aromatic nitrogens is 3. The number of likely N-dealkylation sites (N-methyl/N-ethyl adjacent to an activating group) is 1. The smallest absolute Gasteiger partial charge is 0.324 e. The number of hydrogen-bond donors (Lipinski definition) is 3. The molecule has 17 nitrogen and oxygen atoms in total. The number of urea groups is 1. The summed E-state index contributed by atoms with van der Waals surface area (Å²) in [4.78, 5) is 84.1. The molecule has 0 spiro atoms. The number of hydrazine groups is 1. The molecule has 3 saturated heterocycles. The van der Waals surface area contributed by atoms with Crippen molar-refractivity contribution in [3.63, 3.8) is 0 Å². The van der Waals surface area contributed by atoms with E-state index in [0.29, 0.717) is 63.5 Å². The lowest BCUT2D eigenvalue weighted by Crippen LogP contribution is -2.62. The number of ether oxygens (including phenoxy) is 2. The van der Waals surface area contributed by atoms with E-state index in [2.05, 4.69) is 65.7 Å². The highest BCUT2D eigenvalue weighted by Gasteiger charge is 2.42. The van der Waals surface area contributed by atoms with E-state index < -0.39 is 41.3 Å². The van der Waals surface area contributed by atoms with E-state index in [1.54, 1.807) is 32.3 Å². The van der Waals surface area contributed by atoms with Crippen LogP contribution in [0.1, 0.15) is 76.8 Å². The van der Waals surface area contributed by atoms with Crippen molar-refractivity contribution in [2.75, 3.05) is 60.5 Å². The van der Waals surface area contributed by atoms with Gasteiger partial charge in [0.1, 0.15) is 18.1 Å². The largest absolute Gasteiger partial charge is 0.464 e. The number of pyridine rings is 1. The van der Waals surface area contributed by atoms with Crippen LogP contribution in [0.4, 0.5) is 4.79 Å². The molecule has 0 saturated carbocycles. The predicted molar refractivity (Wildman–Crippen MR) is 256 cm³/mol. The Labute approximate surface area is 396 Å². The molecule has 3 fully saturated rings. The van der Waals surface area contributed by atoms with Gasteiger partial charge in [-0.3, -0.25) is 29.2 Å². The molecule has 3 N–H and O–H groups in total. The molecular formula is C49H66N10O7S. The second kappa shape index (κ2) is 19.7. The molecule has 3 aromatic heterocycles. The van der Waals surface area contributed by atoms with Crippen molar-refractivity contribution in [3.05, 3.63) is 58.2 Å². The summed E-state index contributed by atoms with van der Waals surface area (Å²) in [5.41, 5.74) is 9.29. The number of benzene rings is 1. The Morgan fingerprint density at radius 2 is 1.88 bits per heavy atom. The van der Waals surface area contributed by atoms with Gasteiger partial charge in [-0.05, 0) is 68.9 Å². The number of hydrogen-bond acceptors (Lipinski definition) is 12. The maximum Gasteiger partial charge on any atom is 0.324 e. The number of esters is 1. The number of nitrogens with one attached hydrogen (secondary N) is 3. The highest BCUT2D eigenvalue weighted by Crippen LogP contribution is 2.42. The molecule has 360 valence electrons. The Bertz CT molecular complexity index is 2510. The number of amides is 5. The topological polar surface area (TPSA) is 193 Å². The number of nitrogens with zero attached hydrogens (tertiary/aromatic N) is 7. The van der Waals surface area contributed by atoms with E-state index >= 15 is 0 Å². The minimum atomic E-state index is -1.08. The van der Waals surface area contributed by atoms with E-state index in [4.69, 9.17) is 19.4 Å². The molecule has 6 bridgehead atoms. The maximum atomic E-state index is 14.6. The van der Waals surface area contributed by atoms with Crippen molar-refractivity contribution in [2.45, 2.75) is 104 Å². The highest BCUT2D eigenvalue weighted by atomic mass is 32.1. The highest BCUT2D eigenvalue weighted by molar-refractivity contribution is 7.10. The van der Waals surface area contributed by atoms with Gasteiger partial charge in [-0.1, -0.05) is 33.8 Å². The number of methoxy groups -OCH3 is 1. The molecular weight excluding hydrogens is 873 g/mol. The number of thiazole rings is 1. The maximum absolute atomic E-state index is 14.6. The van der Waals surface area contributed by atoms with Gasteiger partial charge in [0.25, 0.3) is 5.91 Å². The van der Waals surface area contributed by atoms with E-state index in [-0.39, 0.29) is 48.9 Å². The lowest BCUT2D eigenvalue weighted by atomic mass is 9.84. The fraction of sp³-hybridized carbons (Fsp3) is 0.571. The Morgan fingerprint density at radius 3 is 2.58 bits per heavy atom.